The molecule has 134 valence electrons. The molecule has 1 aliphatic heterocycles. The topological polar surface area (TPSA) is 59.8 Å². The largest absolute Gasteiger partial charge is 0.328 e. The lowest BCUT2D eigenvalue weighted by Gasteiger charge is -2.38. The fourth-order valence-corrected chi connectivity index (χ4v) is 4.29. The van der Waals surface area contributed by atoms with E-state index >= 15 is 0 Å². The molecule has 0 saturated heterocycles. The predicted octanol–water partition coefficient (Wildman–Crippen LogP) is 4.21. The monoisotopic (exact) mass is 366 g/mol. The second-order valence-corrected chi connectivity index (χ2v) is 8.52. The molecule has 1 aromatic carbocycles. The van der Waals surface area contributed by atoms with Gasteiger partial charge in [0.25, 0.3) is 0 Å². The highest BCUT2D eigenvalue weighted by Crippen LogP contribution is 2.45. The molecule has 0 radical (unpaired) electrons. The van der Waals surface area contributed by atoms with Gasteiger partial charge in [-0.05, 0) is 17.4 Å². The van der Waals surface area contributed by atoms with Crippen LogP contribution in [0.15, 0.2) is 59.4 Å². The highest BCUT2D eigenvalue weighted by molar-refractivity contribution is 7.99. The Morgan fingerprint density at radius 2 is 2.12 bits per heavy atom. The van der Waals surface area contributed by atoms with Gasteiger partial charge in [-0.3, -0.25) is 4.79 Å². The van der Waals surface area contributed by atoms with E-state index in [2.05, 4.69) is 48.0 Å². The molecule has 0 unspecified atom stereocenters. The number of nitrogens with zero attached hydrogens (tertiary/aromatic N) is 3. The molecule has 1 atom stereocenters. The lowest BCUT2D eigenvalue weighted by Crippen LogP contribution is -2.36. The first kappa shape index (κ1) is 17.1. The minimum Gasteiger partial charge on any atom is -0.328 e. The molecular weight excluding hydrogens is 344 g/mol. The maximum Gasteiger partial charge on any atom is 0.227 e. The molecule has 0 spiro atoms. The Hall–Kier alpha value is -2.34. The van der Waals surface area contributed by atoms with Crippen molar-refractivity contribution in [2.75, 3.05) is 11.1 Å². The number of benzene rings is 1. The molecule has 2 heterocycles. The number of aromatic nitrogens is 3. The van der Waals surface area contributed by atoms with E-state index in [9.17, 15) is 4.79 Å². The average Bonchev–Trinajstić information content (AvgIpc) is 3.00. The molecule has 1 N–H and O–H groups in total. The minimum atomic E-state index is -0.225. The van der Waals surface area contributed by atoms with E-state index in [0.29, 0.717) is 17.5 Å². The molecule has 0 fully saturated rings. The summed E-state index contributed by atoms with van der Waals surface area (Å²) in [5.41, 5.74) is 2.82. The zero-order valence-corrected chi connectivity index (χ0v) is 15.8. The third kappa shape index (κ3) is 2.98. The maximum absolute atomic E-state index is 13.0. The SMILES string of the molecule is C=CCSc1nc2n(n1)[C@H](c1ccccc1)C1=C(CC(C)(C)CC1=O)N2. The van der Waals surface area contributed by atoms with E-state index in [1.807, 2.05) is 29.0 Å². The van der Waals surface area contributed by atoms with Crippen molar-refractivity contribution in [2.24, 2.45) is 5.41 Å². The van der Waals surface area contributed by atoms with Crippen molar-refractivity contribution >= 4 is 23.5 Å². The number of anilines is 1. The van der Waals surface area contributed by atoms with Crippen LogP contribution in [0.3, 0.4) is 0 Å². The van der Waals surface area contributed by atoms with Crippen LogP contribution >= 0.6 is 11.8 Å². The Morgan fingerprint density at radius 1 is 1.35 bits per heavy atom. The summed E-state index contributed by atoms with van der Waals surface area (Å²) < 4.78 is 1.86. The number of allylic oxidation sites excluding steroid dienone is 2. The van der Waals surface area contributed by atoms with Crippen LogP contribution in [-0.2, 0) is 4.79 Å². The summed E-state index contributed by atoms with van der Waals surface area (Å²) >= 11 is 1.54. The van der Waals surface area contributed by atoms with Gasteiger partial charge in [0.05, 0.1) is 0 Å². The number of nitrogens with one attached hydrogen (secondary N) is 1. The number of carbonyl (C=O) groups excluding carboxylic acids is 1. The van der Waals surface area contributed by atoms with Crippen LogP contribution in [-0.4, -0.2) is 26.3 Å². The first-order valence-corrected chi connectivity index (χ1v) is 9.75. The average molecular weight is 366 g/mol. The lowest BCUT2D eigenvalue weighted by atomic mass is 9.73. The van der Waals surface area contributed by atoms with E-state index in [4.69, 9.17) is 0 Å². The molecule has 26 heavy (non-hydrogen) atoms. The van der Waals surface area contributed by atoms with E-state index < -0.39 is 0 Å². The number of hydrogen-bond acceptors (Lipinski definition) is 5. The summed E-state index contributed by atoms with van der Waals surface area (Å²) in [6.45, 7) is 8.03. The smallest absolute Gasteiger partial charge is 0.227 e. The fraction of sp³-hybridized carbons (Fsp3) is 0.350. The van der Waals surface area contributed by atoms with Gasteiger partial charge in [-0.15, -0.1) is 11.7 Å². The van der Waals surface area contributed by atoms with Crippen molar-refractivity contribution < 1.29 is 4.79 Å². The third-order valence-corrected chi connectivity index (χ3v) is 5.59. The lowest BCUT2D eigenvalue weighted by molar-refractivity contribution is -0.118. The number of thioether (sulfide) groups is 1. The molecule has 0 bridgehead atoms. The van der Waals surface area contributed by atoms with Crippen molar-refractivity contribution in [2.45, 2.75) is 37.9 Å². The van der Waals surface area contributed by atoms with Crippen molar-refractivity contribution in [3.63, 3.8) is 0 Å². The number of rotatable bonds is 4. The van der Waals surface area contributed by atoms with Crippen molar-refractivity contribution in [3.8, 4) is 0 Å². The summed E-state index contributed by atoms with van der Waals surface area (Å²) in [5, 5.41) is 8.76. The Balaban J connectivity index is 1.84. The first-order chi connectivity index (χ1) is 12.5. The van der Waals surface area contributed by atoms with Crippen LogP contribution in [0, 0.1) is 5.41 Å². The second-order valence-electron chi connectivity index (χ2n) is 7.53. The summed E-state index contributed by atoms with van der Waals surface area (Å²) in [5.74, 6) is 1.65. The van der Waals surface area contributed by atoms with Crippen LogP contribution in [0.5, 0.6) is 0 Å². The fourth-order valence-electron chi connectivity index (χ4n) is 3.73. The molecule has 2 aliphatic rings. The summed E-state index contributed by atoms with van der Waals surface area (Å²) in [7, 11) is 0. The van der Waals surface area contributed by atoms with E-state index in [-0.39, 0.29) is 17.2 Å². The summed E-state index contributed by atoms with van der Waals surface area (Å²) in [4.78, 5) is 17.7. The van der Waals surface area contributed by atoms with Gasteiger partial charge >= 0.3 is 0 Å². The molecule has 2 aromatic rings. The number of Topliss-reactive ketones (excluding diaryl/α,β-unsaturated/α-hetero) is 1. The quantitative estimate of drug-likeness (QED) is 0.649. The standard InChI is InChI=1S/C20H22N4OS/c1-4-10-26-19-22-18-21-14-11-20(2,3)12-15(25)16(14)17(24(18)23-19)13-8-6-5-7-9-13/h4-9,17H,1,10-12H2,2-3H3,(H,21,22,23)/t17-/m1/s1. The zero-order valence-electron chi connectivity index (χ0n) is 15.0. The molecule has 0 amide bonds. The second kappa shape index (κ2) is 6.43. The highest BCUT2D eigenvalue weighted by Gasteiger charge is 2.41. The molecule has 1 aromatic heterocycles. The number of ketones is 1. The highest BCUT2D eigenvalue weighted by atomic mass is 32.2. The van der Waals surface area contributed by atoms with E-state index in [0.717, 1.165) is 29.0 Å². The van der Waals surface area contributed by atoms with Gasteiger partial charge < -0.3 is 5.32 Å². The number of fused-ring (bicyclic) bond motifs is 1. The van der Waals surface area contributed by atoms with E-state index in [1.54, 1.807) is 11.8 Å². The van der Waals surface area contributed by atoms with E-state index in [1.165, 1.54) is 0 Å². The molecule has 0 saturated carbocycles. The van der Waals surface area contributed by atoms with Crippen LogP contribution < -0.4 is 5.32 Å². The molecule has 1 aliphatic carbocycles. The zero-order chi connectivity index (χ0) is 18.3. The Kier molecular flexibility index (Phi) is 4.23. The Morgan fingerprint density at radius 3 is 2.85 bits per heavy atom. The van der Waals surface area contributed by atoms with Gasteiger partial charge in [0.2, 0.25) is 11.1 Å². The van der Waals surface area contributed by atoms with Crippen molar-refractivity contribution in [1.29, 1.82) is 0 Å². The van der Waals surface area contributed by atoms with Crippen LogP contribution in [0.2, 0.25) is 0 Å². The van der Waals surface area contributed by atoms with Gasteiger partial charge in [-0.25, -0.2) is 4.68 Å². The number of carbonyl (C=O) groups is 1. The third-order valence-electron chi connectivity index (χ3n) is 4.76. The molecular formula is C20H22N4OS. The summed E-state index contributed by atoms with van der Waals surface area (Å²) in [6, 6.07) is 9.86. The van der Waals surface area contributed by atoms with Crippen LogP contribution in [0.1, 0.15) is 38.3 Å². The maximum atomic E-state index is 13.0. The van der Waals surface area contributed by atoms with Gasteiger partial charge in [0.1, 0.15) is 6.04 Å². The Labute approximate surface area is 157 Å². The van der Waals surface area contributed by atoms with Gasteiger partial charge in [-0.2, -0.15) is 4.98 Å². The Bertz CT molecular complexity index is 898. The molecule has 5 nitrogen and oxygen atoms in total. The molecule has 4 rings (SSSR count). The normalized spacial score (nSPS) is 21.0. The minimum absolute atomic E-state index is 0.0488. The summed E-state index contributed by atoms with van der Waals surface area (Å²) in [6.07, 6.45) is 3.22. The predicted molar refractivity (Wildman–Crippen MR) is 104 cm³/mol. The van der Waals surface area contributed by atoms with Crippen molar-refractivity contribution in [3.05, 3.63) is 59.8 Å². The molecule has 6 heteroatoms. The van der Waals surface area contributed by atoms with Crippen molar-refractivity contribution in [1.82, 2.24) is 14.8 Å². The first-order valence-electron chi connectivity index (χ1n) is 8.77. The van der Waals surface area contributed by atoms with Crippen LogP contribution in [0.25, 0.3) is 0 Å². The van der Waals surface area contributed by atoms with Gasteiger partial charge in [0.15, 0.2) is 5.78 Å². The van der Waals surface area contributed by atoms with Gasteiger partial charge in [-0.1, -0.05) is 62.0 Å². The number of hydrogen-bond donors (Lipinski definition) is 1. The van der Waals surface area contributed by atoms with Gasteiger partial charge in [0, 0.05) is 23.4 Å². The van der Waals surface area contributed by atoms with Crippen LogP contribution in [0.4, 0.5) is 5.95 Å².